The molecule has 3 aromatic carbocycles. The maximum Gasteiger partial charge on any atom is 0.225 e. The molecule has 1 saturated heterocycles. The second-order valence-corrected chi connectivity index (χ2v) is 15.7. The van der Waals surface area contributed by atoms with Crippen LogP contribution in [0.15, 0.2) is 83.6 Å². The Hall–Kier alpha value is -3.25. The van der Waals surface area contributed by atoms with E-state index in [-0.39, 0.29) is 5.54 Å². The van der Waals surface area contributed by atoms with Gasteiger partial charge in [0.15, 0.2) is 5.70 Å². The van der Waals surface area contributed by atoms with E-state index in [1.165, 1.54) is 83.8 Å². The normalized spacial score (nSPS) is 30.6. The Kier molecular flexibility index (Phi) is 7.09. The Morgan fingerprint density at radius 3 is 2.40 bits per heavy atom. The van der Waals surface area contributed by atoms with Gasteiger partial charge >= 0.3 is 0 Å². The van der Waals surface area contributed by atoms with Gasteiger partial charge in [-0.3, -0.25) is 10.2 Å². The Labute approximate surface area is 269 Å². The molecular weight excluding hydrogens is 550 g/mol. The summed E-state index contributed by atoms with van der Waals surface area (Å²) in [7, 11) is 2.32. The highest BCUT2D eigenvalue weighted by molar-refractivity contribution is 5.90. The van der Waals surface area contributed by atoms with Gasteiger partial charge in [-0.2, -0.15) is 0 Å². The molecule has 3 heterocycles. The van der Waals surface area contributed by atoms with Crippen LogP contribution in [0.3, 0.4) is 0 Å². The van der Waals surface area contributed by atoms with Crippen molar-refractivity contribution in [2.75, 3.05) is 13.6 Å². The molecule has 3 fully saturated rings. The predicted molar refractivity (Wildman–Crippen MR) is 186 cm³/mol. The van der Waals surface area contributed by atoms with E-state index in [0.717, 1.165) is 23.9 Å². The lowest BCUT2D eigenvalue weighted by atomic mass is 9.83. The summed E-state index contributed by atoms with van der Waals surface area (Å²) in [5.74, 6) is 2.88. The summed E-state index contributed by atoms with van der Waals surface area (Å²) < 4.78 is 0. The Morgan fingerprint density at radius 1 is 0.933 bits per heavy atom. The van der Waals surface area contributed by atoms with Gasteiger partial charge in [0.2, 0.25) is 5.84 Å². The smallest absolute Gasteiger partial charge is 0.225 e. The molecule has 5 N–H and O–H groups in total. The van der Waals surface area contributed by atoms with Gasteiger partial charge in [0, 0.05) is 23.8 Å². The van der Waals surface area contributed by atoms with Crippen LogP contribution in [0, 0.1) is 23.2 Å². The zero-order chi connectivity index (χ0) is 30.9. The van der Waals surface area contributed by atoms with E-state index in [1.54, 1.807) is 0 Å². The van der Waals surface area contributed by atoms with E-state index in [9.17, 15) is 0 Å². The molecule has 6 unspecified atom stereocenters. The van der Waals surface area contributed by atoms with E-state index in [2.05, 4.69) is 110 Å². The Balaban J connectivity index is 0.948. The summed E-state index contributed by atoms with van der Waals surface area (Å²) in [6.07, 6.45) is 13.5. The maximum atomic E-state index is 6.88. The molecule has 0 bridgehead atoms. The van der Waals surface area contributed by atoms with Crippen LogP contribution in [0.5, 0.6) is 0 Å². The fraction of sp³-hybridized carbons (Fsp3) is 0.475. The zero-order valence-corrected chi connectivity index (χ0v) is 27.5. The third kappa shape index (κ3) is 5.47. The van der Waals surface area contributed by atoms with Gasteiger partial charge in [0.1, 0.15) is 5.54 Å². The summed E-state index contributed by atoms with van der Waals surface area (Å²) >= 11 is 0. The lowest BCUT2D eigenvalue weighted by Gasteiger charge is -2.34. The van der Waals surface area contributed by atoms with Gasteiger partial charge in [0.05, 0.1) is 12.2 Å². The highest BCUT2D eigenvalue weighted by atomic mass is 15.2. The van der Waals surface area contributed by atoms with Crippen molar-refractivity contribution < 1.29 is 5.32 Å². The van der Waals surface area contributed by atoms with Gasteiger partial charge in [-0.15, -0.1) is 0 Å². The van der Waals surface area contributed by atoms with Crippen LogP contribution in [0.1, 0.15) is 82.9 Å². The first-order valence-corrected chi connectivity index (χ1v) is 17.4. The highest BCUT2D eigenvalue weighted by Gasteiger charge is 2.52. The Morgan fingerprint density at radius 2 is 1.67 bits per heavy atom. The third-order valence-electron chi connectivity index (χ3n) is 12.0. The van der Waals surface area contributed by atoms with Crippen LogP contribution < -0.4 is 16.4 Å². The van der Waals surface area contributed by atoms with Gasteiger partial charge in [0.25, 0.3) is 0 Å². The molecule has 5 heteroatoms. The number of aliphatic imine (C=N–C) groups is 1. The van der Waals surface area contributed by atoms with Crippen molar-refractivity contribution in [3.05, 3.63) is 89.8 Å². The second-order valence-electron chi connectivity index (χ2n) is 15.7. The molecule has 5 aliphatic rings. The molecule has 0 radical (unpaired) electrons. The summed E-state index contributed by atoms with van der Waals surface area (Å²) in [4.78, 5) is 7.39. The van der Waals surface area contributed by atoms with Gasteiger partial charge in [-0.1, -0.05) is 62.7 Å². The monoisotopic (exact) mass is 600 g/mol. The van der Waals surface area contributed by atoms with E-state index in [1.807, 2.05) is 6.20 Å². The number of likely N-dealkylation sites (tertiary alicyclic amines) is 1. The van der Waals surface area contributed by atoms with Crippen molar-refractivity contribution in [1.29, 1.82) is 0 Å². The standard InChI is InChI=1S/C40H49N5/c1-25-5-14-33(17-25)39(3,41)38-42-23-36(44-38)28-8-6-27(7-9-28)29-10-11-31-21-32(13-12-30(31)20-29)34-18-26(2)19-35(43-34)37-22-40(15-16-40)24-45(37)4/h6-13,19-21,23,25-26,33-34,37,43H,5,14-18,22,24,41H2,1-4H3,(H,42,44)/p+1. The number of fused-ring (bicyclic) bond motifs is 1. The molecule has 3 aromatic rings. The molecular formula is C40H50N5+. The molecule has 2 aliphatic carbocycles. The predicted octanol–water partition coefficient (Wildman–Crippen LogP) is 6.97. The summed E-state index contributed by atoms with van der Waals surface area (Å²) in [6.45, 7) is 8.16. The molecule has 3 aliphatic heterocycles. The number of rotatable bonds is 6. The third-order valence-corrected chi connectivity index (χ3v) is 12.0. The number of nitrogens with one attached hydrogen (secondary N) is 1. The number of hydrogen-bond acceptors (Lipinski definition) is 4. The summed E-state index contributed by atoms with van der Waals surface area (Å²) in [5, 5.41) is 8.80. The molecule has 234 valence electrons. The molecule has 8 rings (SSSR count). The highest BCUT2D eigenvalue weighted by Crippen LogP contribution is 2.55. The number of hydrogen-bond donors (Lipinski definition) is 3. The van der Waals surface area contributed by atoms with Crippen molar-refractivity contribution in [1.82, 2.24) is 10.2 Å². The van der Waals surface area contributed by atoms with E-state index >= 15 is 0 Å². The van der Waals surface area contributed by atoms with Gasteiger partial charge in [-0.05, 0) is 127 Å². The molecule has 0 amide bonds. The van der Waals surface area contributed by atoms with Crippen molar-refractivity contribution in [2.24, 2.45) is 33.9 Å². The molecule has 1 spiro atoms. The molecule has 45 heavy (non-hydrogen) atoms. The number of allylic oxidation sites excluding steroid dienone is 1. The minimum Gasteiger partial charge on any atom is -0.380 e. The van der Waals surface area contributed by atoms with Crippen LogP contribution in [0.2, 0.25) is 0 Å². The molecule has 0 aromatic heterocycles. The van der Waals surface area contributed by atoms with E-state index < -0.39 is 0 Å². The number of benzene rings is 3. The van der Waals surface area contributed by atoms with Crippen LogP contribution >= 0.6 is 0 Å². The van der Waals surface area contributed by atoms with Crippen LogP contribution in [-0.2, 0) is 0 Å². The topological polar surface area (TPSA) is 70.3 Å². The second kappa shape index (κ2) is 10.9. The average molecular weight is 601 g/mol. The van der Waals surface area contributed by atoms with E-state index in [0.29, 0.717) is 29.3 Å². The van der Waals surface area contributed by atoms with Gasteiger partial charge < -0.3 is 11.1 Å². The number of nitrogens with zero attached hydrogens (tertiary/aromatic N) is 2. The lowest BCUT2D eigenvalue weighted by Crippen LogP contribution is -2.90. The van der Waals surface area contributed by atoms with Gasteiger partial charge in [-0.25, -0.2) is 4.99 Å². The quantitative estimate of drug-likeness (QED) is 0.286. The number of quaternary nitrogens is 1. The summed E-state index contributed by atoms with van der Waals surface area (Å²) in [5.41, 5.74) is 14.8. The van der Waals surface area contributed by atoms with Crippen molar-refractivity contribution >= 4 is 22.3 Å². The van der Waals surface area contributed by atoms with E-state index in [4.69, 9.17) is 10.7 Å². The van der Waals surface area contributed by atoms with Crippen LogP contribution in [0.25, 0.3) is 27.6 Å². The first-order valence-electron chi connectivity index (χ1n) is 17.4. The number of amidine groups is 1. The molecule has 5 nitrogen and oxygen atoms in total. The van der Waals surface area contributed by atoms with Crippen LogP contribution in [-0.4, -0.2) is 35.9 Å². The minimum atomic E-state index is -0.371. The minimum absolute atomic E-state index is 0.367. The van der Waals surface area contributed by atoms with Crippen molar-refractivity contribution in [3.63, 3.8) is 0 Å². The SMILES string of the molecule is CC1C=C(C2CC3(CC3)CN2C)NC(c2ccc3cc(-c4ccc(C5=CN=C(C(C)(N)C6CCC(C)C6)[NH2+]5)cc4)ccc3c2)C1. The lowest BCUT2D eigenvalue weighted by molar-refractivity contribution is -0.437. The fourth-order valence-electron chi connectivity index (χ4n) is 8.93. The Bertz CT molecular complexity index is 1710. The average Bonchev–Trinajstić information content (AvgIpc) is 3.36. The fourth-order valence-corrected chi connectivity index (χ4v) is 8.93. The largest absolute Gasteiger partial charge is 0.380 e. The maximum absolute atomic E-state index is 6.88. The number of nitrogens with two attached hydrogens (primary N) is 2. The molecule has 2 saturated carbocycles. The summed E-state index contributed by atoms with van der Waals surface area (Å²) in [6, 6.07) is 23.8. The zero-order valence-electron chi connectivity index (χ0n) is 27.5. The van der Waals surface area contributed by atoms with Crippen LogP contribution in [0.4, 0.5) is 0 Å². The molecule has 6 atom stereocenters. The first kappa shape index (κ1) is 29.2. The van der Waals surface area contributed by atoms with Crippen molar-refractivity contribution in [3.8, 4) is 11.1 Å². The first-order chi connectivity index (χ1) is 21.7. The van der Waals surface area contributed by atoms with Crippen molar-refractivity contribution in [2.45, 2.75) is 83.3 Å². The number of likely N-dealkylation sites (N-methyl/N-ethyl adjacent to an activating group) is 1.